The van der Waals surface area contributed by atoms with E-state index in [1.807, 2.05) is 31.2 Å². The molecule has 1 amide bonds. The molecular formula is C16H20ClN3O2. The molecule has 0 spiro atoms. The number of unbranched alkanes of at least 4 members (excludes halogenated alkanes) is 1. The van der Waals surface area contributed by atoms with E-state index >= 15 is 0 Å². The molecule has 0 saturated carbocycles. The van der Waals surface area contributed by atoms with Gasteiger partial charge in [0.05, 0.1) is 6.61 Å². The van der Waals surface area contributed by atoms with Crippen molar-refractivity contribution in [2.75, 3.05) is 13.7 Å². The number of amides is 1. The summed E-state index contributed by atoms with van der Waals surface area (Å²) in [6, 6.07) is 7.84. The molecule has 118 valence electrons. The van der Waals surface area contributed by atoms with Crippen molar-refractivity contribution in [3.05, 3.63) is 52.6 Å². The number of imidazole rings is 1. The molecule has 0 aliphatic carbocycles. The average Bonchev–Trinajstić information content (AvgIpc) is 2.94. The van der Waals surface area contributed by atoms with Crippen molar-refractivity contribution in [2.24, 2.45) is 0 Å². The number of hydroxylamine groups is 2. The van der Waals surface area contributed by atoms with Gasteiger partial charge in [0.25, 0.3) is 0 Å². The molecule has 2 aromatic rings. The summed E-state index contributed by atoms with van der Waals surface area (Å²) in [6.07, 6.45) is 4.45. The number of nitrogens with zero attached hydrogens (tertiary/aromatic N) is 2. The average molecular weight is 322 g/mol. The van der Waals surface area contributed by atoms with Crippen molar-refractivity contribution in [1.29, 1.82) is 0 Å². The van der Waals surface area contributed by atoms with Crippen LogP contribution in [0.2, 0.25) is 5.02 Å². The third-order valence-electron chi connectivity index (χ3n) is 3.25. The number of rotatable bonds is 7. The van der Waals surface area contributed by atoms with Crippen LogP contribution in [0, 0.1) is 6.92 Å². The third-order valence-corrected chi connectivity index (χ3v) is 3.50. The Balaban J connectivity index is 1.65. The largest absolute Gasteiger partial charge is 0.338 e. The Labute approximate surface area is 135 Å². The molecule has 0 atom stereocenters. The number of halogens is 1. The molecule has 0 bridgehead atoms. The highest BCUT2D eigenvalue weighted by molar-refractivity contribution is 6.30. The molecule has 1 aromatic heterocycles. The van der Waals surface area contributed by atoms with Gasteiger partial charge in [-0.25, -0.2) is 10.0 Å². The van der Waals surface area contributed by atoms with Gasteiger partial charge in [0.2, 0.25) is 0 Å². The van der Waals surface area contributed by atoms with E-state index in [0.29, 0.717) is 12.4 Å². The SMILES string of the molecule is Cc1cnc(C(=O)N(C)OCCCCc2ccc(Cl)cc2)[nH]1. The molecule has 22 heavy (non-hydrogen) atoms. The molecule has 0 radical (unpaired) electrons. The monoisotopic (exact) mass is 321 g/mol. The second kappa shape index (κ2) is 7.96. The van der Waals surface area contributed by atoms with Crippen LogP contribution in [-0.2, 0) is 11.3 Å². The van der Waals surface area contributed by atoms with Gasteiger partial charge in [0.1, 0.15) is 0 Å². The molecule has 0 aliphatic heterocycles. The maximum absolute atomic E-state index is 12.0. The number of aromatic nitrogens is 2. The zero-order valence-corrected chi connectivity index (χ0v) is 13.6. The number of nitrogens with one attached hydrogen (secondary N) is 1. The number of carbonyl (C=O) groups is 1. The summed E-state index contributed by atoms with van der Waals surface area (Å²) in [7, 11) is 1.60. The van der Waals surface area contributed by atoms with E-state index in [1.165, 1.54) is 10.6 Å². The first kappa shape index (κ1) is 16.5. The van der Waals surface area contributed by atoms with Crippen molar-refractivity contribution in [2.45, 2.75) is 26.2 Å². The highest BCUT2D eigenvalue weighted by atomic mass is 35.5. The fourth-order valence-electron chi connectivity index (χ4n) is 2.01. The smallest absolute Gasteiger partial charge is 0.312 e. The van der Waals surface area contributed by atoms with E-state index < -0.39 is 0 Å². The van der Waals surface area contributed by atoms with Crippen molar-refractivity contribution < 1.29 is 9.63 Å². The van der Waals surface area contributed by atoms with E-state index in [0.717, 1.165) is 30.0 Å². The standard InChI is InChI=1S/C16H20ClN3O2/c1-12-11-18-15(19-12)16(21)20(2)22-10-4-3-5-13-6-8-14(17)9-7-13/h6-9,11H,3-5,10H2,1-2H3,(H,18,19). The van der Waals surface area contributed by atoms with Gasteiger partial charge in [-0.15, -0.1) is 0 Å². The van der Waals surface area contributed by atoms with E-state index in [2.05, 4.69) is 9.97 Å². The lowest BCUT2D eigenvalue weighted by Gasteiger charge is -2.15. The zero-order chi connectivity index (χ0) is 15.9. The molecule has 6 heteroatoms. The Hall–Kier alpha value is -1.85. The second-order valence-corrected chi connectivity index (χ2v) is 5.57. The molecule has 1 aromatic carbocycles. The lowest BCUT2D eigenvalue weighted by atomic mass is 10.1. The Morgan fingerprint density at radius 2 is 2.05 bits per heavy atom. The third kappa shape index (κ3) is 4.86. The lowest BCUT2D eigenvalue weighted by Crippen LogP contribution is -2.28. The van der Waals surface area contributed by atoms with Crippen LogP contribution in [-0.4, -0.2) is 34.6 Å². The van der Waals surface area contributed by atoms with Crippen molar-refractivity contribution >= 4 is 17.5 Å². The predicted octanol–water partition coefficient (Wildman–Crippen LogP) is 3.40. The van der Waals surface area contributed by atoms with Crippen molar-refractivity contribution in [3.63, 3.8) is 0 Å². The molecule has 0 saturated heterocycles. The van der Waals surface area contributed by atoms with Crippen LogP contribution in [0.15, 0.2) is 30.5 Å². The van der Waals surface area contributed by atoms with Gasteiger partial charge in [-0.05, 0) is 43.9 Å². The van der Waals surface area contributed by atoms with Gasteiger partial charge in [-0.1, -0.05) is 23.7 Å². The summed E-state index contributed by atoms with van der Waals surface area (Å²) in [5.41, 5.74) is 2.10. The molecule has 0 unspecified atom stereocenters. The van der Waals surface area contributed by atoms with Gasteiger partial charge in [0, 0.05) is 24.0 Å². The van der Waals surface area contributed by atoms with Gasteiger partial charge in [-0.2, -0.15) is 0 Å². The highest BCUT2D eigenvalue weighted by Crippen LogP contribution is 2.11. The maximum Gasteiger partial charge on any atom is 0.312 e. The Morgan fingerprint density at radius 1 is 1.32 bits per heavy atom. The minimum atomic E-state index is -0.272. The summed E-state index contributed by atoms with van der Waals surface area (Å²) in [6.45, 7) is 2.34. The lowest BCUT2D eigenvalue weighted by molar-refractivity contribution is -0.107. The van der Waals surface area contributed by atoms with Crippen LogP contribution in [0.1, 0.15) is 34.7 Å². The minimum absolute atomic E-state index is 0.272. The Bertz CT molecular complexity index is 610. The van der Waals surface area contributed by atoms with E-state index in [1.54, 1.807) is 13.2 Å². The fraction of sp³-hybridized carbons (Fsp3) is 0.375. The van der Waals surface area contributed by atoms with Crippen molar-refractivity contribution in [1.82, 2.24) is 15.0 Å². The summed E-state index contributed by atoms with van der Waals surface area (Å²) in [5.74, 6) is 0.0203. The summed E-state index contributed by atoms with van der Waals surface area (Å²) < 4.78 is 0. The van der Waals surface area contributed by atoms with E-state index in [9.17, 15) is 4.79 Å². The molecular weight excluding hydrogens is 302 g/mol. The maximum atomic E-state index is 12.0. The first-order valence-electron chi connectivity index (χ1n) is 7.23. The number of benzene rings is 1. The van der Waals surface area contributed by atoms with Crippen molar-refractivity contribution in [3.8, 4) is 0 Å². The van der Waals surface area contributed by atoms with Crippen LogP contribution in [0.4, 0.5) is 0 Å². The summed E-state index contributed by atoms with van der Waals surface area (Å²) >= 11 is 5.85. The number of hydrogen-bond donors (Lipinski definition) is 1. The predicted molar refractivity (Wildman–Crippen MR) is 85.8 cm³/mol. The van der Waals surface area contributed by atoms with Gasteiger partial charge < -0.3 is 4.98 Å². The quantitative estimate of drug-likeness (QED) is 0.628. The van der Waals surface area contributed by atoms with E-state index in [-0.39, 0.29) is 5.91 Å². The number of aryl methyl sites for hydroxylation is 2. The summed E-state index contributed by atoms with van der Waals surface area (Å²) in [5, 5.41) is 1.97. The van der Waals surface area contributed by atoms with Crippen LogP contribution < -0.4 is 0 Å². The van der Waals surface area contributed by atoms with Crippen LogP contribution in [0.5, 0.6) is 0 Å². The first-order chi connectivity index (χ1) is 10.6. The fourth-order valence-corrected chi connectivity index (χ4v) is 2.14. The molecule has 2 rings (SSSR count). The molecule has 0 aliphatic rings. The van der Waals surface area contributed by atoms with Crippen LogP contribution in [0.3, 0.4) is 0 Å². The number of carbonyl (C=O) groups excluding carboxylic acids is 1. The Morgan fingerprint density at radius 3 is 2.68 bits per heavy atom. The number of aromatic amines is 1. The van der Waals surface area contributed by atoms with Crippen LogP contribution in [0.25, 0.3) is 0 Å². The van der Waals surface area contributed by atoms with Gasteiger partial charge in [-0.3, -0.25) is 9.63 Å². The normalized spacial score (nSPS) is 10.7. The number of H-pyrrole nitrogens is 1. The minimum Gasteiger partial charge on any atom is -0.338 e. The summed E-state index contributed by atoms with van der Waals surface area (Å²) in [4.78, 5) is 24.3. The van der Waals surface area contributed by atoms with E-state index in [4.69, 9.17) is 16.4 Å². The van der Waals surface area contributed by atoms with Crippen LogP contribution >= 0.6 is 11.6 Å². The van der Waals surface area contributed by atoms with Gasteiger partial charge in [0.15, 0.2) is 5.82 Å². The molecule has 0 fully saturated rings. The molecule has 5 nitrogen and oxygen atoms in total. The molecule has 1 N–H and O–H groups in total. The topological polar surface area (TPSA) is 58.2 Å². The zero-order valence-electron chi connectivity index (χ0n) is 12.8. The molecule has 1 heterocycles. The first-order valence-corrected chi connectivity index (χ1v) is 7.61. The second-order valence-electron chi connectivity index (χ2n) is 5.13. The highest BCUT2D eigenvalue weighted by Gasteiger charge is 2.15. The number of hydrogen-bond acceptors (Lipinski definition) is 3. The Kier molecular flexibility index (Phi) is 5.98. The van der Waals surface area contributed by atoms with Gasteiger partial charge >= 0.3 is 5.91 Å².